The van der Waals surface area contributed by atoms with Crippen molar-refractivity contribution in [1.82, 2.24) is 9.55 Å². The molecular weight excluding hydrogens is 360 g/mol. The standard InChI is InChI=1S/C25H22N2O2/c1-2-3-14-21(25(28)29)19-15-16-22-23(17-19)27(20-12-8-5-9-13-20)24(26-22)18-10-6-4-7-11-18/h2,4-13,15-17,21H,1,3,14H2,(H,28,29). The number of nitrogens with zero attached hydrogens (tertiary/aromatic N) is 2. The van der Waals surface area contributed by atoms with Crippen LogP contribution in [0.4, 0.5) is 0 Å². The van der Waals surface area contributed by atoms with Crippen molar-refractivity contribution < 1.29 is 9.90 Å². The van der Waals surface area contributed by atoms with Crippen LogP contribution in [0.25, 0.3) is 28.1 Å². The van der Waals surface area contributed by atoms with Crippen LogP contribution < -0.4 is 0 Å². The van der Waals surface area contributed by atoms with Gasteiger partial charge in [0.05, 0.1) is 17.0 Å². The highest BCUT2D eigenvalue weighted by molar-refractivity contribution is 5.86. The molecule has 0 aliphatic heterocycles. The van der Waals surface area contributed by atoms with Crippen LogP contribution in [0.2, 0.25) is 0 Å². The van der Waals surface area contributed by atoms with E-state index in [1.54, 1.807) is 6.08 Å². The zero-order chi connectivity index (χ0) is 20.2. The summed E-state index contributed by atoms with van der Waals surface area (Å²) in [7, 11) is 0. The van der Waals surface area contributed by atoms with Crippen LogP contribution >= 0.6 is 0 Å². The minimum atomic E-state index is -0.819. The van der Waals surface area contributed by atoms with E-state index in [4.69, 9.17) is 4.98 Å². The Hall–Kier alpha value is -3.66. The Morgan fingerprint density at radius 2 is 1.72 bits per heavy atom. The van der Waals surface area contributed by atoms with E-state index in [2.05, 4.69) is 11.1 Å². The molecule has 0 saturated heterocycles. The van der Waals surface area contributed by atoms with Gasteiger partial charge in [-0.05, 0) is 42.7 Å². The van der Waals surface area contributed by atoms with Crippen molar-refractivity contribution in [2.75, 3.05) is 0 Å². The normalized spacial score (nSPS) is 12.0. The Balaban J connectivity index is 1.94. The third-order valence-corrected chi connectivity index (χ3v) is 5.08. The number of hydrogen-bond donors (Lipinski definition) is 1. The molecule has 0 fully saturated rings. The molecular formula is C25H22N2O2. The van der Waals surface area contributed by atoms with Crippen LogP contribution in [0.1, 0.15) is 24.3 Å². The molecule has 0 spiro atoms. The number of aliphatic carboxylic acids is 1. The molecule has 0 saturated carbocycles. The van der Waals surface area contributed by atoms with E-state index < -0.39 is 11.9 Å². The number of fused-ring (bicyclic) bond motifs is 1. The first-order chi connectivity index (χ1) is 14.2. The summed E-state index contributed by atoms with van der Waals surface area (Å²) in [5, 5.41) is 9.74. The minimum Gasteiger partial charge on any atom is -0.481 e. The summed E-state index contributed by atoms with van der Waals surface area (Å²) < 4.78 is 2.10. The van der Waals surface area contributed by atoms with Crippen molar-refractivity contribution >= 4 is 17.0 Å². The maximum atomic E-state index is 11.9. The molecule has 1 aromatic heterocycles. The predicted octanol–water partition coefficient (Wildman–Crippen LogP) is 5.83. The third-order valence-electron chi connectivity index (χ3n) is 5.08. The molecule has 4 nitrogen and oxygen atoms in total. The van der Waals surface area contributed by atoms with E-state index in [0.717, 1.165) is 33.7 Å². The zero-order valence-electron chi connectivity index (χ0n) is 16.0. The molecule has 0 radical (unpaired) electrons. The highest BCUT2D eigenvalue weighted by Gasteiger charge is 2.21. The predicted molar refractivity (Wildman–Crippen MR) is 116 cm³/mol. The maximum absolute atomic E-state index is 11.9. The SMILES string of the molecule is C=CCCC(C(=O)O)c1ccc2nc(-c3ccccc3)n(-c3ccccc3)c2c1. The van der Waals surface area contributed by atoms with E-state index in [1.165, 1.54) is 0 Å². The molecule has 0 amide bonds. The first kappa shape index (κ1) is 18.7. The Labute approximate surface area is 169 Å². The minimum absolute atomic E-state index is 0.523. The van der Waals surface area contributed by atoms with Gasteiger partial charge >= 0.3 is 5.97 Å². The second-order valence-electron chi connectivity index (χ2n) is 6.98. The lowest BCUT2D eigenvalue weighted by Crippen LogP contribution is -2.11. The lowest BCUT2D eigenvalue weighted by atomic mass is 9.94. The van der Waals surface area contributed by atoms with Crippen molar-refractivity contribution in [3.05, 3.63) is 97.1 Å². The van der Waals surface area contributed by atoms with Crippen molar-refractivity contribution in [1.29, 1.82) is 0 Å². The highest BCUT2D eigenvalue weighted by atomic mass is 16.4. The van der Waals surface area contributed by atoms with E-state index in [9.17, 15) is 9.90 Å². The van der Waals surface area contributed by atoms with Gasteiger partial charge in [-0.3, -0.25) is 9.36 Å². The van der Waals surface area contributed by atoms with Gasteiger partial charge in [-0.1, -0.05) is 60.7 Å². The van der Waals surface area contributed by atoms with Crippen LogP contribution in [0.3, 0.4) is 0 Å². The van der Waals surface area contributed by atoms with Gasteiger partial charge in [0.25, 0.3) is 0 Å². The third kappa shape index (κ3) is 3.69. The van der Waals surface area contributed by atoms with E-state index in [-0.39, 0.29) is 0 Å². The molecule has 1 atom stereocenters. The molecule has 1 unspecified atom stereocenters. The second kappa shape index (κ2) is 8.15. The monoisotopic (exact) mass is 382 g/mol. The van der Waals surface area contributed by atoms with Gasteiger partial charge in [-0.25, -0.2) is 4.98 Å². The molecule has 4 rings (SSSR count). The molecule has 4 aromatic rings. The number of allylic oxidation sites excluding steroid dienone is 1. The molecule has 144 valence electrons. The van der Waals surface area contributed by atoms with E-state index in [1.807, 2.05) is 78.9 Å². The maximum Gasteiger partial charge on any atom is 0.310 e. The van der Waals surface area contributed by atoms with Crippen molar-refractivity contribution in [3.8, 4) is 17.1 Å². The van der Waals surface area contributed by atoms with Gasteiger partial charge in [0, 0.05) is 11.3 Å². The summed E-state index contributed by atoms with van der Waals surface area (Å²) in [6, 6.07) is 25.8. The fourth-order valence-corrected chi connectivity index (χ4v) is 3.65. The molecule has 3 aromatic carbocycles. The lowest BCUT2D eigenvalue weighted by Gasteiger charge is -2.13. The number of benzene rings is 3. The molecule has 1 N–H and O–H groups in total. The number of rotatable bonds is 7. The lowest BCUT2D eigenvalue weighted by molar-refractivity contribution is -0.138. The smallest absolute Gasteiger partial charge is 0.310 e. The van der Waals surface area contributed by atoms with Gasteiger partial charge in [0.15, 0.2) is 0 Å². The zero-order valence-corrected chi connectivity index (χ0v) is 16.0. The molecule has 4 heteroatoms. The van der Waals surface area contributed by atoms with Crippen LogP contribution in [0.5, 0.6) is 0 Å². The summed E-state index contributed by atoms with van der Waals surface area (Å²) in [4.78, 5) is 16.7. The van der Waals surface area contributed by atoms with Gasteiger partial charge < -0.3 is 5.11 Å². The van der Waals surface area contributed by atoms with Crippen LogP contribution in [-0.4, -0.2) is 20.6 Å². The highest BCUT2D eigenvalue weighted by Crippen LogP contribution is 2.31. The summed E-state index contributed by atoms with van der Waals surface area (Å²) in [6.45, 7) is 3.72. The van der Waals surface area contributed by atoms with Gasteiger partial charge in [-0.2, -0.15) is 0 Å². The van der Waals surface area contributed by atoms with Crippen molar-refractivity contribution in [2.45, 2.75) is 18.8 Å². The summed E-state index contributed by atoms with van der Waals surface area (Å²) in [5.41, 5.74) is 4.52. The Morgan fingerprint density at radius 3 is 2.38 bits per heavy atom. The fraction of sp³-hybridized carbons (Fsp3) is 0.120. The molecule has 0 aliphatic rings. The van der Waals surface area contributed by atoms with E-state index >= 15 is 0 Å². The largest absolute Gasteiger partial charge is 0.481 e. The number of hydrogen-bond acceptors (Lipinski definition) is 2. The van der Waals surface area contributed by atoms with E-state index in [0.29, 0.717) is 12.8 Å². The van der Waals surface area contributed by atoms with Gasteiger partial charge in [-0.15, -0.1) is 6.58 Å². The molecule has 29 heavy (non-hydrogen) atoms. The number of imidazole rings is 1. The topological polar surface area (TPSA) is 55.1 Å². The number of carbonyl (C=O) groups is 1. The van der Waals surface area contributed by atoms with Crippen LogP contribution in [-0.2, 0) is 4.79 Å². The quantitative estimate of drug-likeness (QED) is 0.409. The molecule has 0 bridgehead atoms. The summed E-state index contributed by atoms with van der Waals surface area (Å²) in [5.74, 6) is -0.557. The molecule has 0 aliphatic carbocycles. The number of para-hydroxylation sites is 1. The first-order valence-electron chi connectivity index (χ1n) is 9.66. The average Bonchev–Trinajstić information content (AvgIpc) is 3.14. The molecule has 1 heterocycles. The second-order valence-corrected chi connectivity index (χ2v) is 6.98. The summed E-state index contributed by atoms with van der Waals surface area (Å²) >= 11 is 0. The Kier molecular flexibility index (Phi) is 5.25. The number of carboxylic acid groups (broad SMARTS) is 1. The van der Waals surface area contributed by atoms with Crippen molar-refractivity contribution in [2.24, 2.45) is 0 Å². The average molecular weight is 382 g/mol. The van der Waals surface area contributed by atoms with Crippen LogP contribution in [0, 0.1) is 0 Å². The first-order valence-corrected chi connectivity index (χ1v) is 9.66. The van der Waals surface area contributed by atoms with Crippen LogP contribution in [0.15, 0.2) is 91.5 Å². The van der Waals surface area contributed by atoms with Crippen molar-refractivity contribution in [3.63, 3.8) is 0 Å². The number of carboxylic acids is 1. The fourth-order valence-electron chi connectivity index (χ4n) is 3.65. The summed E-state index contributed by atoms with van der Waals surface area (Å²) in [6.07, 6.45) is 2.94. The Morgan fingerprint density at radius 1 is 1.03 bits per heavy atom. The van der Waals surface area contributed by atoms with Gasteiger partial charge in [0.1, 0.15) is 5.82 Å². The Bertz CT molecular complexity index is 1150. The van der Waals surface area contributed by atoms with Gasteiger partial charge in [0.2, 0.25) is 0 Å². The number of aromatic nitrogens is 2.